The van der Waals surface area contributed by atoms with Crippen LogP contribution in [0.1, 0.15) is 29.1 Å². The van der Waals surface area contributed by atoms with E-state index in [0.29, 0.717) is 31.1 Å². The normalized spacial score (nSPS) is 15.8. The van der Waals surface area contributed by atoms with E-state index in [1.54, 1.807) is 22.9 Å². The number of hydrogen-bond donors (Lipinski definition) is 2. The Bertz CT molecular complexity index is 984. The summed E-state index contributed by atoms with van der Waals surface area (Å²) in [5.41, 5.74) is 2.90. The second-order valence-corrected chi connectivity index (χ2v) is 6.51. The zero-order valence-corrected chi connectivity index (χ0v) is 15.5. The van der Waals surface area contributed by atoms with Crippen molar-refractivity contribution in [1.29, 1.82) is 0 Å². The molecule has 0 aliphatic carbocycles. The lowest BCUT2D eigenvalue weighted by Crippen LogP contribution is -2.45. The van der Waals surface area contributed by atoms with Gasteiger partial charge in [-0.2, -0.15) is 5.10 Å². The number of hydrogen-bond acceptors (Lipinski definition) is 4. The highest BCUT2D eigenvalue weighted by Crippen LogP contribution is 2.24. The van der Waals surface area contributed by atoms with E-state index in [0.717, 1.165) is 16.9 Å². The van der Waals surface area contributed by atoms with Crippen LogP contribution in [-0.4, -0.2) is 28.8 Å². The van der Waals surface area contributed by atoms with Crippen molar-refractivity contribution in [2.75, 3.05) is 13.2 Å². The first-order valence-electron chi connectivity index (χ1n) is 9.23. The van der Waals surface area contributed by atoms with Crippen LogP contribution in [-0.2, 0) is 6.54 Å². The SMILES string of the molecule is CCOc1ccccc1CN[C@@H]1CNC(=O)c2cc(-c3ccc(F)cc3)nn21. The van der Waals surface area contributed by atoms with Gasteiger partial charge < -0.3 is 10.1 Å². The molecule has 0 saturated heterocycles. The molecule has 144 valence electrons. The zero-order valence-electron chi connectivity index (χ0n) is 15.5. The molecule has 0 unspecified atom stereocenters. The van der Waals surface area contributed by atoms with Crippen LogP contribution in [0.2, 0.25) is 0 Å². The van der Waals surface area contributed by atoms with Crippen LogP contribution in [0, 0.1) is 5.82 Å². The lowest BCUT2D eigenvalue weighted by Gasteiger charge is -2.26. The average Bonchev–Trinajstić information content (AvgIpc) is 3.16. The summed E-state index contributed by atoms with van der Waals surface area (Å²) < 4.78 is 20.6. The average molecular weight is 380 g/mol. The fourth-order valence-corrected chi connectivity index (χ4v) is 3.26. The van der Waals surface area contributed by atoms with Gasteiger partial charge in [-0.1, -0.05) is 18.2 Å². The van der Waals surface area contributed by atoms with Gasteiger partial charge in [0.05, 0.1) is 18.8 Å². The van der Waals surface area contributed by atoms with E-state index in [4.69, 9.17) is 4.74 Å². The molecule has 0 saturated carbocycles. The molecule has 7 heteroatoms. The predicted molar refractivity (Wildman–Crippen MR) is 103 cm³/mol. The third-order valence-corrected chi connectivity index (χ3v) is 4.66. The number of nitrogens with zero attached hydrogens (tertiary/aromatic N) is 2. The Labute approximate surface area is 162 Å². The quantitative estimate of drug-likeness (QED) is 0.690. The molecule has 1 atom stereocenters. The molecule has 28 heavy (non-hydrogen) atoms. The van der Waals surface area contributed by atoms with E-state index in [1.807, 2.05) is 31.2 Å². The summed E-state index contributed by atoms with van der Waals surface area (Å²) in [6.07, 6.45) is -0.198. The molecule has 1 aliphatic rings. The van der Waals surface area contributed by atoms with Crippen LogP contribution in [0.3, 0.4) is 0 Å². The Kier molecular flexibility index (Phi) is 5.08. The van der Waals surface area contributed by atoms with Crippen molar-refractivity contribution in [3.63, 3.8) is 0 Å². The molecular formula is C21H21FN4O2. The van der Waals surface area contributed by atoms with Gasteiger partial charge >= 0.3 is 0 Å². The van der Waals surface area contributed by atoms with Gasteiger partial charge in [0.2, 0.25) is 0 Å². The molecule has 1 aromatic heterocycles. The van der Waals surface area contributed by atoms with Gasteiger partial charge in [0, 0.05) is 17.7 Å². The minimum absolute atomic E-state index is 0.173. The third kappa shape index (κ3) is 3.61. The van der Waals surface area contributed by atoms with Crippen molar-refractivity contribution in [3.05, 3.63) is 71.7 Å². The minimum atomic E-state index is -0.307. The van der Waals surface area contributed by atoms with Gasteiger partial charge in [-0.25, -0.2) is 9.07 Å². The molecule has 2 heterocycles. The third-order valence-electron chi connectivity index (χ3n) is 4.66. The molecule has 0 spiro atoms. The summed E-state index contributed by atoms with van der Waals surface area (Å²) in [7, 11) is 0. The van der Waals surface area contributed by atoms with Crippen molar-refractivity contribution < 1.29 is 13.9 Å². The maximum absolute atomic E-state index is 13.2. The van der Waals surface area contributed by atoms with Crippen LogP contribution in [0.25, 0.3) is 11.3 Å². The number of fused-ring (bicyclic) bond motifs is 1. The first-order valence-corrected chi connectivity index (χ1v) is 9.23. The smallest absolute Gasteiger partial charge is 0.269 e. The van der Waals surface area contributed by atoms with Crippen molar-refractivity contribution in [1.82, 2.24) is 20.4 Å². The van der Waals surface area contributed by atoms with E-state index in [1.165, 1.54) is 12.1 Å². The first kappa shape index (κ1) is 18.2. The molecule has 6 nitrogen and oxygen atoms in total. The van der Waals surface area contributed by atoms with Gasteiger partial charge in [0.1, 0.15) is 23.4 Å². The van der Waals surface area contributed by atoms with Gasteiger partial charge in [0.15, 0.2) is 0 Å². The highest BCUT2D eigenvalue weighted by molar-refractivity contribution is 5.94. The van der Waals surface area contributed by atoms with Gasteiger partial charge in [0.25, 0.3) is 5.91 Å². The Balaban J connectivity index is 1.57. The second-order valence-electron chi connectivity index (χ2n) is 6.51. The monoisotopic (exact) mass is 380 g/mol. The largest absolute Gasteiger partial charge is 0.494 e. The summed E-state index contributed by atoms with van der Waals surface area (Å²) >= 11 is 0. The topological polar surface area (TPSA) is 68.2 Å². The van der Waals surface area contributed by atoms with E-state index in [-0.39, 0.29) is 17.9 Å². The van der Waals surface area contributed by atoms with Gasteiger partial charge in [-0.05, 0) is 43.3 Å². The number of halogens is 1. The molecule has 2 aromatic carbocycles. The number of ether oxygens (including phenoxy) is 1. The molecule has 4 rings (SSSR count). The number of carbonyl (C=O) groups excluding carboxylic acids is 1. The molecule has 0 bridgehead atoms. The summed E-state index contributed by atoms with van der Waals surface area (Å²) in [5.74, 6) is 0.358. The number of amides is 1. The van der Waals surface area contributed by atoms with Crippen molar-refractivity contribution in [2.24, 2.45) is 0 Å². The van der Waals surface area contributed by atoms with E-state index in [9.17, 15) is 9.18 Å². The molecule has 2 N–H and O–H groups in total. The molecular weight excluding hydrogens is 359 g/mol. The highest BCUT2D eigenvalue weighted by Gasteiger charge is 2.27. The lowest BCUT2D eigenvalue weighted by molar-refractivity contribution is 0.0900. The Hall–Kier alpha value is -3.19. The summed E-state index contributed by atoms with van der Waals surface area (Å²) in [4.78, 5) is 12.3. The molecule has 0 fully saturated rings. The minimum Gasteiger partial charge on any atom is -0.494 e. The van der Waals surface area contributed by atoms with Crippen LogP contribution >= 0.6 is 0 Å². The van der Waals surface area contributed by atoms with E-state index >= 15 is 0 Å². The van der Waals surface area contributed by atoms with Crippen molar-refractivity contribution in [2.45, 2.75) is 19.6 Å². The molecule has 0 radical (unpaired) electrons. The first-order chi connectivity index (χ1) is 13.7. The van der Waals surface area contributed by atoms with Gasteiger partial charge in [-0.15, -0.1) is 0 Å². The van der Waals surface area contributed by atoms with Crippen molar-refractivity contribution >= 4 is 5.91 Å². The summed E-state index contributed by atoms with van der Waals surface area (Å²) in [6, 6.07) is 15.7. The second kappa shape index (κ2) is 7.82. The Morgan fingerprint density at radius 3 is 2.82 bits per heavy atom. The van der Waals surface area contributed by atoms with Crippen molar-refractivity contribution in [3.8, 4) is 17.0 Å². The number of aromatic nitrogens is 2. The number of para-hydroxylation sites is 1. The fraction of sp³-hybridized carbons (Fsp3) is 0.238. The highest BCUT2D eigenvalue weighted by atomic mass is 19.1. The zero-order chi connectivity index (χ0) is 19.5. The maximum Gasteiger partial charge on any atom is 0.269 e. The number of benzene rings is 2. The van der Waals surface area contributed by atoms with Crippen LogP contribution in [0.4, 0.5) is 4.39 Å². The maximum atomic E-state index is 13.2. The van der Waals surface area contributed by atoms with Gasteiger partial charge in [-0.3, -0.25) is 10.1 Å². The molecule has 1 amide bonds. The van der Waals surface area contributed by atoms with Crippen LogP contribution in [0.15, 0.2) is 54.6 Å². The standard InChI is InChI=1S/C21H21FN4O2/c1-2-28-19-6-4-3-5-15(19)12-23-20-13-24-21(27)18-11-17(25-26(18)20)14-7-9-16(22)10-8-14/h3-11,20,23H,2,12-13H2,1H3,(H,24,27)/t20-/m0/s1. The van der Waals surface area contributed by atoms with Crippen LogP contribution < -0.4 is 15.4 Å². The number of rotatable bonds is 6. The molecule has 3 aromatic rings. The lowest BCUT2D eigenvalue weighted by atomic mass is 10.1. The molecule has 1 aliphatic heterocycles. The Morgan fingerprint density at radius 2 is 2.04 bits per heavy atom. The van der Waals surface area contributed by atoms with Crippen LogP contribution in [0.5, 0.6) is 5.75 Å². The fourth-order valence-electron chi connectivity index (χ4n) is 3.26. The summed E-state index contributed by atoms with van der Waals surface area (Å²) in [6.45, 7) is 3.55. The van der Waals surface area contributed by atoms with E-state index in [2.05, 4.69) is 15.7 Å². The Morgan fingerprint density at radius 1 is 1.25 bits per heavy atom. The number of carbonyl (C=O) groups is 1. The predicted octanol–water partition coefficient (Wildman–Crippen LogP) is 3.12. The number of nitrogens with one attached hydrogen (secondary N) is 2. The van der Waals surface area contributed by atoms with E-state index < -0.39 is 0 Å². The summed E-state index contributed by atoms with van der Waals surface area (Å²) in [5, 5.41) is 10.9.